The molecule has 0 amide bonds. The number of aliphatic hydroxyl groups is 1. The third kappa shape index (κ3) is 3.64. The van der Waals surface area contributed by atoms with Crippen LogP contribution in [0.15, 0.2) is 29.2 Å². The third-order valence-electron chi connectivity index (χ3n) is 3.40. The number of hydrogen-bond donors (Lipinski definition) is 2. The van der Waals surface area contributed by atoms with Gasteiger partial charge in [0.2, 0.25) is 10.0 Å². The van der Waals surface area contributed by atoms with Crippen molar-refractivity contribution in [1.82, 2.24) is 0 Å². The fourth-order valence-corrected chi connectivity index (χ4v) is 4.46. The Kier molecular flexibility index (Phi) is 4.76. The number of anilines is 1. The Bertz CT molecular complexity index is 530. The standard InChI is InChI=1S/C13H19NO3S2/c1-18-11-6-4-5-10(9-11)14-19(16,17)13-8-3-2-7-12(13)15/h4-6,9,12-15H,2-3,7-8H2,1H3. The lowest BCUT2D eigenvalue weighted by molar-refractivity contribution is 0.133. The van der Waals surface area contributed by atoms with E-state index in [9.17, 15) is 13.5 Å². The smallest absolute Gasteiger partial charge is 0.238 e. The molecule has 1 aromatic carbocycles. The number of hydrogen-bond acceptors (Lipinski definition) is 4. The van der Waals surface area contributed by atoms with Crippen LogP contribution in [0.25, 0.3) is 0 Å². The van der Waals surface area contributed by atoms with Gasteiger partial charge in [-0.1, -0.05) is 18.9 Å². The van der Waals surface area contributed by atoms with E-state index in [-0.39, 0.29) is 0 Å². The second-order valence-electron chi connectivity index (χ2n) is 4.77. The summed E-state index contributed by atoms with van der Waals surface area (Å²) in [4.78, 5) is 1.00. The van der Waals surface area contributed by atoms with Crippen LogP contribution in [-0.2, 0) is 10.0 Å². The zero-order chi connectivity index (χ0) is 13.9. The van der Waals surface area contributed by atoms with Crippen LogP contribution in [0.3, 0.4) is 0 Å². The first kappa shape index (κ1) is 14.7. The molecule has 1 aliphatic rings. The summed E-state index contributed by atoms with van der Waals surface area (Å²) in [6.45, 7) is 0. The Morgan fingerprint density at radius 3 is 2.74 bits per heavy atom. The molecule has 6 heteroatoms. The summed E-state index contributed by atoms with van der Waals surface area (Å²) in [5, 5.41) is 9.16. The highest BCUT2D eigenvalue weighted by Crippen LogP contribution is 2.27. The summed E-state index contributed by atoms with van der Waals surface area (Å²) < 4.78 is 27.2. The predicted molar refractivity (Wildman–Crippen MR) is 79.0 cm³/mol. The van der Waals surface area contributed by atoms with E-state index in [0.29, 0.717) is 18.5 Å². The van der Waals surface area contributed by atoms with Crippen molar-refractivity contribution >= 4 is 27.5 Å². The molecule has 0 radical (unpaired) electrons. The Hall–Kier alpha value is -0.720. The molecule has 19 heavy (non-hydrogen) atoms. The van der Waals surface area contributed by atoms with Gasteiger partial charge in [-0.3, -0.25) is 4.72 Å². The SMILES string of the molecule is CSc1cccc(NS(=O)(=O)C2CCCCC2O)c1. The molecule has 1 saturated carbocycles. The van der Waals surface area contributed by atoms with Crippen molar-refractivity contribution in [1.29, 1.82) is 0 Å². The third-order valence-corrected chi connectivity index (χ3v) is 5.99. The van der Waals surface area contributed by atoms with Gasteiger partial charge in [-0.25, -0.2) is 8.42 Å². The maximum absolute atomic E-state index is 12.3. The van der Waals surface area contributed by atoms with Crippen LogP contribution in [0.4, 0.5) is 5.69 Å². The van der Waals surface area contributed by atoms with Gasteiger partial charge in [0.25, 0.3) is 0 Å². The Morgan fingerprint density at radius 2 is 2.05 bits per heavy atom. The molecule has 2 N–H and O–H groups in total. The second kappa shape index (κ2) is 6.15. The van der Waals surface area contributed by atoms with Crippen LogP contribution in [0.2, 0.25) is 0 Å². The molecule has 0 saturated heterocycles. The summed E-state index contributed by atoms with van der Waals surface area (Å²) >= 11 is 1.56. The molecular formula is C13H19NO3S2. The molecule has 2 atom stereocenters. The van der Waals surface area contributed by atoms with Gasteiger partial charge in [0.1, 0.15) is 5.25 Å². The van der Waals surface area contributed by atoms with Crippen LogP contribution in [0, 0.1) is 0 Å². The van der Waals surface area contributed by atoms with E-state index in [1.165, 1.54) is 0 Å². The summed E-state index contributed by atoms with van der Waals surface area (Å²) in [7, 11) is -3.52. The van der Waals surface area contributed by atoms with Crippen molar-refractivity contribution in [2.24, 2.45) is 0 Å². The summed E-state index contributed by atoms with van der Waals surface area (Å²) in [6, 6.07) is 7.28. The molecular weight excluding hydrogens is 282 g/mol. The number of rotatable bonds is 4. The van der Waals surface area contributed by atoms with Crippen molar-refractivity contribution in [2.45, 2.75) is 41.9 Å². The van der Waals surface area contributed by atoms with E-state index in [0.717, 1.165) is 17.7 Å². The molecule has 0 bridgehead atoms. The second-order valence-corrected chi connectivity index (χ2v) is 7.55. The monoisotopic (exact) mass is 301 g/mol. The van der Waals surface area contributed by atoms with E-state index in [1.54, 1.807) is 23.9 Å². The van der Waals surface area contributed by atoms with Gasteiger partial charge in [-0.15, -0.1) is 11.8 Å². The zero-order valence-corrected chi connectivity index (χ0v) is 12.5. The summed E-state index contributed by atoms with van der Waals surface area (Å²) in [6.07, 6.45) is 4.03. The number of benzene rings is 1. The predicted octanol–water partition coefficient (Wildman–Crippen LogP) is 2.45. The Balaban J connectivity index is 2.15. The number of aliphatic hydroxyl groups excluding tert-OH is 1. The van der Waals surface area contributed by atoms with Crippen molar-refractivity contribution in [3.63, 3.8) is 0 Å². The molecule has 0 aromatic heterocycles. The number of nitrogens with one attached hydrogen (secondary N) is 1. The first-order chi connectivity index (χ1) is 9.03. The molecule has 106 valence electrons. The molecule has 1 fully saturated rings. The lowest BCUT2D eigenvalue weighted by Gasteiger charge is -2.27. The fourth-order valence-electron chi connectivity index (χ4n) is 2.37. The van der Waals surface area contributed by atoms with Crippen molar-refractivity contribution < 1.29 is 13.5 Å². The van der Waals surface area contributed by atoms with Crippen LogP contribution < -0.4 is 4.72 Å². The molecule has 1 aliphatic carbocycles. The fraction of sp³-hybridized carbons (Fsp3) is 0.538. The molecule has 2 rings (SSSR count). The van der Waals surface area contributed by atoms with Gasteiger partial charge in [0, 0.05) is 10.6 Å². The minimum atomic E-state index is -3.52. The molecule has 1 aromatic rings. The highest BCUT2D eigenvalue weighted by molar-refractivity contribution is 7.98. The largest absolute Gasteiger partial charge is 0.392 e. The number of thioether (sulfide) groups is 1. The maximum atomic E-state index is 12.3. The van der Waals surface area contributed by atoms with Crippen molar-refractivity contribution in [3.8, 4) is 0 Å². The number of sulfonamides is 1. The topological polar surface area (TPSA) is 66.4 Å². The normalized spacial score (nSPS) is 24.1. The van der Waals surface area contributed by atoms with Gasteiger partial charge in [-0.2, -0.15) is 0 Å². The lowest BCUT2D eigenvalue weighted by atomic mass is 9.97. The maximum Gasteiger partial charge on any atom is 0.238 e. The van der Waals surface area contributed by atoms with E-state index in [2.05, 4.69) is 4.72 Å². The lowest BCUT2D eigenvalue weighted by Crippen LogP contribution is -2.40. The van der Waals surface area contributed by atoms with Crippen LogP contribution in [0.5, 0.6) is 0 Å². The van der Waals surface area contributed by atoms with Gasteiger partial charge < -0.3 is 5.11 Å². The minimum Gasteiger partial charge on any atom is -0.392 e. The molecule has 0 aliphatic heterocycles. The molecule has 0 spiro atoms. The van der Waals surface area contributed by atoms with Gasteiger partial charge in [-0.05, 0) is 37.3 Å². The molecule has 0 heterocycles. The average molecular weight is 301 g/mol. The molecule has 2 unspecified atom stereocenters. The van der Waals surface area contributed by atoms with Crippen LogP contribution in [0.1, 0.15) is 25.7 Å². The van der Waals surface area contributed by atoms with Crippen molar-refractivity contribution in [2.75, 3.05) is 11.0 Å². The quantitative estimate of drug-likeness (QED) is 0.838. The van der Waals surface area contributed by atoms with E-state index in [1.807, 2.05) is 18.4 Å². The van der Waals surface area contributed by atoms with Gasteiger partial charge >= 0.3 is 0 Å². The first-order valence-corrected chi connectivity index (χ1v) is 9.14. The van der Waals surface area contributed by atoms with Gasteiger partial charge in [0.05, 0.1) is 6.10 Å². The summed E-state index contributed by atoms with van der Waals surface area (Å²) in [5.74, 6) is 0. The van der Waals surface area contributed by atoms with Gasteiger partial charge in [0.15, 0.2) is 0 Å². The highest BCUT2D eigenvalue weighted by Gasteiger charge is 2.34. The minimum absolute atomic E-state index is 0.527. The van der Waals surface area contributed by atoms with Crippen LogP contribution >= 0.6 is 11.8 Å². The van der Waals surface area contributed by atoms with E-state index < -0.39 is 21.4 Å². The van der Waals surface area contributed by atoms with E-state index in [4.69, 9.17) is 0 Å². The first-order valence-electron chi connectivity index (χ1n) is 6.36. The summed E-state index contributed by atoms with van der Waals surface area (Å²) in [5.41, 5.74) is 0.560. The average Bonchev–Trinajstić information content (AvgIpc) is 2.38. The Morgan fingerprint density at radius 1 is 1.32 bits per heavy atom. The van der Waals surface area contributed by atoms with E-state index >= 15 is 0 Å². The molecule has 4 nitrogen and oxygen atoms in total. The highest BCUT2D eigenvalue weighted by atomic mass is 32.2. The zero-order valence-electron chi connectivity index (χ0n) is 10.9. The Labute approximate surface area is 118 Å². The van der Waals surface area contributed by atoms with Crippen molar-refractivity contribution in [3.05, 3.63) is 24.3 Å². The van der Waals surface area contributed by atoms with Crippen LogP contribution in [-0.4, -0.2) is 31.1 Å².